The van der Waals surface area contributed by atoms with E-state index in [0.29, 0.717) is 35.1 Å². The van der Waals surface area contributed by atoms with Gasteiger partial charge in [0.1, 0.15) is 11.6 Å². The second-order valence-corrected chi connectivity index (χ2v) is 7.06. The van der Waals surface area contributed by atoms with Gasteiger partial charge in [0.15, 0.2) is 5.65 Å². The average Bonchev–Trinajstić information content (AvgIpc) is 3.13. The van der Waals surface area contributed by atoms with Gasteiger partial charge < -0.3 is 15.4 Å². The smallest absolute Gasteiger partial charge is 0.257 e. The number of hydrogen-bond acceptors (Lipinski definition) is 5. The molecule has 1 aliphatic rings. The summed E-state index contributed by atoms with van der Waals surface area (Å²) in [4.78, 5) is 14.9. The summed E-state index contributed by atoms with van der Waals surface area (Å²) in [6, 6.07) is 8.97. The maximum atomic E-state index is 13.1. The second kappa shape index (κ2) is 9.52. The van der Waals surface area contributed by atoms with Crippen molar-refractivity contribution in [1.29, 1.82) is 0 Å². The monoisotopic (exact) mass is 457 g/mol. The Bertz CT molecular complexity index is 1010. The van der Waals surface area contributed by atoms with Gasteiger partial charge in [-0.15, -0.1) is 35.0 Å². The van der Waals surface area contributed by atoms with Gasteiger partial charge in [0.05, 0.1) is 23.4 Å². The van der Waals surface area contributed by atoms with E-state index in [0.717, 1.165) is 24.3 Å². The number of benzene rings is 1. The standard InChI is InChI=1S/C19H20ClN5O2.2ClH/c1-27-16-10-15(21)14(20)9-13(16)19(26)24-7-4-5-12(11-24)18-23-22-17-6-2-3-8-25(17)18;;/h2-3,6,8-10,12H,4-5,7,11,21H2,1H3;2*1H. The molecule has 1 amide bonds. The molecule has 1 fully saturated rings. The van der Waals surface area contributed by atoms with Crippen molar-refractivity contribution in [3.63, 3.8) is 0 Å². The van der Waals surface area contributed by atoms with Crippen LogP contribution in [0.2, 0.25) is 5.02 Å². The molecule has 4 rings (SSSR count). The minimum absolute atomic E-state index is 0. The third-order valence-electron chi connectivity index (χ3n) is 4.96. The van der Waals surface area contributed by atoms with Crippen LogP contribution in [-0.2, 0) is 0 Å². The predicted molar refractivity (Wildman–Crippen MR) is 118 cm³/mol. The molecule has 10 heteroatoms. The maximum Gasteiger partial charge on any atom is 0.257 e. The number of carbonyl (C=O) groups excluding carboxylic acids is 1. The second-order valence-electron chi connectivity index (χ2n) is 6.65. The van der Waals surface area contributed by atoms with Crippen molar-refractivity contribution >= 4 is 53.7 Å². The Morgan fingerprint density at radius 1 is 1.28 bits per heavy atom. The third-order valence-corrected chi connectivity index (χ3v) is 5.29. The molecule has 0 saturated carbocycles. The number of anilines is 1. The minimum atomic E-state index is -0.118. The molecule has 0 spiro atoms. The van der Waals surface area contributed by atoms with E-state index in [2.05, 4.69) is 10.2 Å². The molecule has 1 saturated heterocycles. The van der Waals surface area contributed by atoms with Crippen LogP contribution in [-0.4, -0.2) is 45.6 Å². The van der Waals surface area contributed by atoms with Crippen LogP contribution in [0.1, 0.15) is 34.9 Å². The molecule has 3 heterocycles. The Labute approximate surface area is 186 Å². The normalized spacial score (nSPS) is 16.1. The van der Waals surface area contributed by atoms with Gasteiger partial charge in [0.2, 0.25) is 0 Å². The van der Waals surface area contributed by atoms with Gasteiger partial charge in [0, 0.05) is 31.3 Å². The molecule has 1 aromatic carbocycles. The van der Waals surface area contributed by atoms with Gasteiger partial charge >= 0.3 is 0 Å². The number of rotatable bonds is 3. The van der Waals surface area contributed by atoms with E-state index in [4.69, 9.17) is 22.1 Å². The number of carbonyl (C=O) groups is 1. The Kier molecular flexibility index (Phi) is 7.57. The molecule has 0 radical (unpaired) electrons. The third kappa shape index (κ3) is 4.37. The summed E-state index contributed by atoms with van der Waals surface area (Å²) in [6.45, 7) is 1.25. The van der Waals surface area contributed by atoms with Crippen LogP contribution >= 0.6 is 36.4 Å². The lowest BCUT2D eigenvalue weighted by Gasteiger charge is -2.32. The molecule has 7 nitrogen and oxygen atoms in total. The van der Waals surface area contributed by atoms with Crippen LogP contribution in [0.4, 0.5) is 5.69 Å². The zero-order valence-corrected chi connectivity index (χ0v) is 18.1. The number of aromatic nitrogens is 3. The molecule has 156 valence electrons. The molecule has 3 aromatic rings. The van der Waals surface area contributed by atoms with Crippen LogP contribution in [0.5, 0.6) is 5.75 Å². The van der Waals surface area contributed by atoms with Crippen molar-refractivity contribution in [1.82, 2.24) is 19.5 Å². The molecule has 2 aromatic heterocycles. The number of nitrogens with two attached hydrogens (primary N) is 1. The van der Waals surface area contributed by atoms with E-state index < -0.39 is 0 Å². The van der Waals surface area contributed by atoms with E-state index in [1.54, 1.807) is 12.1 Å². The highest BCUT2D eigenvalue weighted by Crippen LogP contribution is 2.32. The lowest BCUT2D eigenvalue weighted by molar-refractivity contribution is 0.0701. The first kappa shape index (κ1) is 23.1. The van der Waals surface area contributed by atoms with Gasteiger partial charge in [-0.3, -0.25) is 9.20 Å². The summed E-state index contributed by atoms with van der Waals surface area (Å²) in [5.74, 6) is 1.31. The molecule has 2 N–H and O–H groups in total. The van der Waals surface area contributed by atoms with E-state index in [1.165, 1.54) is 7.11 Å². The molecule has 1 atom stereocenters. The molecule has 0 bridgehead atoms. The summed E-state index contributed by atoms with van der Waals surface area (Å²) < 4.78 is 7.32. The fraction of sp³-hybridized carbons (Fsp3) is 0.316. The number of ether oxygens (including phenoxy) is 1. The van der Waals surface area contributed by atoms with E-state index in [9.17, 15) is 4.79 Å². The summed E-state index contributed by atoms with van der Waals surface area (Å²) in [6.07, 6.45) is 3.80. The zero-order valence-electron chi connectivity index (χ0n) is 15.7. The van der Waals surface area contributed by atoms with Crippen LogP contribution in [0.15, 0.2) is 36.5 Å². The summed E-state index contributed by atoms with van der Waals surface area (Å²) in [5, 5.41) is 8.93. The van der Waals surface area contributed by atoms with Crippen molar-refractivity contribution in [3.05, 3.63) is 52.9 Å². The molecule has 1 aliphatic heterocycles. The number of piperidine rings is 1. The molecular formula is C19H22Cl3N5O2. The Morgan fingerprint density at radius 3 is 2.83 bits per heavy atom. The van der Waals surface area contributed by atoms with Crippen molar-refractivity contribution in [2.24, 2.45) is 0 Å². The van der Waals surface area contributed by atoms with Gasteiger partial charge in [0.25, 0.3) is 5.91 Å². The van der Waals surface area contributed by atoms with Crippen molar-refractivity contribution in [2.75, 3.05) is 25.9 Å². The number of likely N-dealkylation sites (tertiary alicyclic amines) is 1. The van der Waals surface area contributed by atoms with E-state index >= 15 is 0 Å². The molecule has 0 aliphatic carbocycles. The van der Waals surface area contributed by atoms with Crippen LogP contribution in [0, 0.1) is 0 Å². The highest BCUT2D eigenvalue weighted by molar-refractivity contribution is 6.33. The van der Waals surface area contributed by atoms with Gasteiger partial charge in [-0.05, 0) is 31.0 Å². The lowest BCUT2D eigenvalue weighted by atomic mass is 9.96. The highest BCUT2D eigenvalue weighted by atomic mass is 35.5. The fourth-order valence-corrected chi connectivity index (χ4v) is 3.75. The Balaban J connectivity index is 0.00000150. The Morgan fingerprint density at radius 2 is 2.07 bits per heavy atom. The minimum Gasteiger partial charge on any atom is -0.496 e. The van der Waals surface area contributed by atoms with Gasteiger partial charge in [-0.25, -0.2) is 0 Å². The number of nitrogen functional groups attached to an aromatic ring is 1. The van der Waals surface area contributed by atoms with Crippen LogP contribution in [0.3, 0.4) is 0 Å². The number of hydrogen-bond donors (Lipinski definition) is 1. The Hall–Kier alpha value is -2.22. The quantitative estimate of drug-likeness (QED) is 0.603. The molecular weight excluding hydrogens is 437 g/mol. The predicted octanol–water partition coefficient (Wildman–Crippen LogP) is 3.84. The first-order chi connectivity index (χ1) is 13.1. The molecule has 1 unspecified atom stereocenters. The summed E-state index contributed by atoms with van der Waals surface area (Å²) >= 11 is 6.13. The topological polar surface area (TPSA) is 85.8 Å². The van der Waals surface area contributed by atoms with Crippen molar-refractivity contribution in [2.45, 2.75) is 18.8 Å². The van der Waals surface area contributed by atoms with Crippen molar-refractivity contribution < 1.29 is 9.53 Å². The maximum absolute atomic E-state index is 13.1. The van der Waals surface area contributed by atoms with Gasteiger partial charge in [-0.2, -0.15) is 0 Å². The summed E-state index contributed by atoms with van der Waals surface area (Å²) in [7, 11) is 1.51. The zero-order chi connectivity index (χ0) is 19.0. The number of nitrogens with zero attached hydrogens (tertiary/aromatic N) is 4. The van der Waals surface area contributed by atoms with Crippen LogP contribution in [0.25, 0.3) is 5.65 Å². The first-order valence-electron chi connectivity index (χ1n) is 8.80. The lowest BCUT2D eigenvalue weighted by Crippen LogP contribution is -2.39. The van der Waals surface area contributed by atoms with Gasteiger partial charge in [-0.1, -0.05) is 17.7 Å². The highest BCUT2D eigenvalue weighted by Gasteiger charge is 2.30. The molecule has 29 heavy (non-hydrogen) atoms. The fourth-order valence-electron chi connectivity index (χ4n) is 3.59. The van der Waals surface area contributed by atoms with E-state index in [1.807, 2.05) is 33.7 Å². The summed E-state index contributed by atoms with van der Waals surface area (Å²) in [5.41, 5.74) is 7.44. The number of pyridine rings is 1. The van der Waals surface area contributed by atoms with Crippen molar-refractivity contribution in [3.8, 4) is 5.75 Å². The number of fused-ring (bicyclic) bond motifs is 1. The number of halogens is 3. The van der Waals surface area contributed by atoms with Crippen LogP contribution < -0.4 is 10.5 Å². The first-order valence-corrected chi connectivity index (χ1v) is 9.18. The van der Waals surface area contributed by atoms with E-state index in [-0.39, 0.29) is 36.6 Å². The average molecular weight is 459 g/mol. The largest absolute Gasteiger partial charge is 0.496 e. The number of methoxy groups -OCH3 is 1. The number of amides is 1. The SMILES string of the molecule is COc1cc(N)c(Cl)cc1C(=O)N1CCCC(c2nnc3ccccn23)C1.Cl.Cl.